The first-order valence-corrected chi connectivity index (χ1v) is 4.84. The number of nitrogens with zero attached hydrogens (tertiary/aromatic N) is 2. The highest BCUT2D eigenvalue weighted by Crippen LogP contribution is 2.25. The largest absolute Gasteiger partial charge is 0.378 e. The molecule has 1 aliphatic carbocycles. The van der Waals surface area contributed by atoms with Crippen LogP contribution in [0.4, 0.5) is 17.3 Å². The molecule has 6 nitrogen and oxygen atoms in total. The monoisotopic (exact) mass is 208 g/mol. The van der Waals surface area contributed by atoms with Gasteiger partial charge in [0.1, 0.15) is 5.82 Å². The highest BCUT2D eigenvalue weighted by atomic mass is 16.6. The first kappa shape index (κ1) is 9.70. The number of aromatic nitrogens is 1. The molecule has 1 fully saturated rings. The quantitative estimate of drug-likeness (QED) is 0.580. The van der Waals surface area contributed by atoms with Gasteiger partial charge in [-0.2, -0.15) is 0 Å². The highest BCUT2D eigenvalue weighted by molar-refractivity contribution is 5.57. The molecule has 0 spiro atoms. The first-order valence-electron chi connectivity index (χ1n) is 4.84. The fraction of sp³-hybridized carbons (Fsp3) is 0.444. The van der Waals surface area contributed by atoms with Crippen molar-refractivity contribution in [1.82, 2.24) is 4.98 Å². The number of pyridine rings is 1. The SMILES string of the molecule is Nc1nc(NC2CCC2)ccc1[N+](=O)[O-]. The van der Waals surface area contributed by atoms with E-state index in [1.165, 1.54) is 12.5 Å². The van der Waals surface area contributed by atoms with Gasteiger partial charge >= 0.3 is 5.69 Å². The fourth-order valence-corrected chi connectivity index (χ4v) is 1.46. The molecule has 15 heavy (non-hydrogen) atoms. The molecule has 1 heterocycles. The number of rotatable bonds is 3. The molecule has 0 amide bonds. The van der Waals surface area contributed by atoms with Gasteiger partial charge in [-0.05, 0) is 25.3 Å². The molecule has 0 saturated heterocycles. The van der Waals surface area contributed by atoms with E-state index in [2.05, 4.69) is 10.3 Å². The summed E-state index contributed by atoms with van der Waals surface area (Å²) in [5.41, 5.74) is 5.32. The molecule has 0 atom stereocenters. The summed E-state index contributed by atoms with van der Waals surface area (Å²) < 4.78 is 0. The van der Waals surface area contributed by atoms with Crippen molar-refractivity contribution in [1.29, 1.82) is 0 Å². The Morgan fingerprint density at radius 1 is 1.53 bits per heavy atom. The van der Waals surface area contributed by atoms with Crippen molar-refractivity contribution in [3.63, 3.8) is 0 Å². The first-order chi connectivity index (χ1) is 7.16. The summed E-state index contributed by atoms with van der Waals surface area (Å²) in [6.45, 7) is 0. The molecule has 1 aromatic heterocycles. The molecule has 80 valence electrons. The Bertz CT molecular complexity index is 390. The maximum absolute atomic E-state index is 10.5. The Balaban J connectivity index is 2.13. The van der Waals surface area contributed by atoms with Gasteiger partial charge in [0, 0.05) is 12.1 Å². The predicted molar refractivity (Wildman–Crippen MR) is 56.6 cm³/mol. The van der Waals surface area contributed by atoms with Gasteiger partial charge in [0.05, 0.1) is 4.92 Å². The van der Waals surface area contributed by atoms with Crippen LogP contribution < -0.4 is 11.1 Å². The van der Waals surface area contributed by atoms with Crippen LogP contribution in [-0.4, -0.2) is 15.9 Å². The molecule has 1 saturated carbocycles. The van der Waals surface area contributed by atoms with Gasteiger partial charge in [-0.3, -0.25) is 10.1 Å². The maximum atomic E-state index is 10.5. The van der Waals surface area contributed by atoms with Crippen LogP contribution in [0, 0.1) is 10.1 Å². The number of hydrogen-bond acceptors (Lipinski definition) is 5. The molecule has 0 radical (unpaired) electrons. The summed E-state index contributed by atoms with van der Waals surface area (Å²) in [4.78, 5) is 13.9. The van der Waals surface area contributed by atoms with E-state index < -0.39 is 4.92 Å². The van der Waals surface area contributed by atoms with Crippen molar-refractivity contribution < 1.29 is 4.92 Å². The van der Waals surface area contributed by atoms with E-state index in [9.17, 15) is 10.1 Å². The van der Waals surface area contributed by atoms with Crippen molar-refractivity contribution in [2.45, 2.75) is 25.3 Å². The topological polar surface area (TPSA) is 94.1 Å². The smallest absolute Gasteiger partial charge is 0.311 e. The van der Waals surface area contributed by atoms with Crippen LogP contribution in [0.2, 0.25) is 0 Å². The van der Waals surface area contributed by atoms with Crippen LogP contribution in [0.15, 0.2) is 12.1 Å². The second-order valence-corrected chi connectivity index (χ2v) is 3.63. The Morgan fingerprint density at radius 2 is 2.27 bits per heavy atom. The number of hydrogen-bond donors (Lipinski definition) is 2. The Morgan fingerprint density at radius 3 is 2.73 bits per heavy atom. The average Bonchev–Trinajstić information content (AvgIpc) is 2.11. The number of nitrogens with two attached hydrogens (primary N) is 1. The summed E-state index contributed by atoms with van der Waals surface area (Å²) in [5, 5.41) is 13.7. The minimum atomic E-state index is -0.532. The zero-order chi connectivity index (χ0) is 10.8. The summed E-state index contributed by atoms with van der Waals surface area (Å²) in [5.74, 6) is 0.576. The third-order valence-electron chi connectivity index (χ3n) is 2.56. The van der Waals surface area contributed by atoms with Gasteiger partial charge in [-0.1, -0.05) is 0 Å². The molecule has 0 aliphatic heterocycles. The number of nitrogens with one attached hydrogen (secondary N) is 1. The predicted octanol–water partition coefficient (Wildman–Crippen LogP) is 1.54. The minimum absolute atomic E-state index is 0.0377. The summed E-state index contributed by atoms with van der Waals surface area (Å²) in [6.07, 6.45) is 3.47. The normalized spacial score (nSPS) is 15.7. The van der Waals surface area contributed by atoms with Gasteiger partial charge in [0.25, 0.3) is 0 Å². The van der Waals surface area contributed by atoms with Gasteiger partial charge < -0.3 is 11.1 Å². The van der Waals surface area contributed by atoms with E-state index in [0.717, 1.165) is 12.8 Å². The van der Waals surface area contributed by atoms with Crippen molar-refractivity contribution in [2.75, 3.05) is 11.1 Å². The van der Waals surface area contributed by atoms with Crippen LogP contribution >= 0.6 is 0 Å². The summed E-state index contributed by atoms with van der Waals surface area (Å²) in [6, 6.07) is 3.41. The van der Waals surface area contributed by atoms with E-state index in [4.69, 9.17) is 5.73 Å². The Hall–Kier alpha value is -1.85. The van der Waals surface area contributed by atoms with E-state index >= 15 is 0 Å². The second kappa shape index (κ2) is 3.72. The van der Waals surface area contributed by atoms with Gasteiger partial charge in [-0.15, -0.1) is 0 Å². The molecule has 6 heteroatoms. The average molecular weight is 208 g/mol. The second-order valence-electron chi connectivity index (χ2n) is 3.63. The highest BCUT2D eigenvalue weighted by Gasteiger charge is 2.19. The molecular formula is C9H12N4O2. The lowest BCUT2D eigenvalue weighted by molar-refractivity contribution is -0.384. The van der Waals surface area contributed by atoms with Gasteiger partial charge in [0.15, 0.2) is 0 Å². The van der Waals surface area contributed by atoms with E-state index in [-0.39, 0.29) is 11.5 Å². The number of nitro groups is 1. The zero-order valence-corrected chi connectivity index (χ0v) is 8.14. The molecule has 1 aromatic rings. The summed E-state index contributed by atoms with van der Waals surface area (Å²) >= 11 is 0. The van der Waals surface area contributed by atoms with Crippen molar-refractivity contribution in [2.24, 2.45) is 0 Å². The lowest BCUT2D eigenvalue weighted by Gasteiger charge is -2.26. The van der Waals surface area contributed by atoms with Crippen molar-refractivity contribution in [3.05, 3.63) is 22.2 Å². The molecule has 1 aliphatic rings. The third-order valence-corrected chi connectivity index (χ3v) is 2.56. The van der Waals surface area contributed by atoms with Crippen LogP contribution in [0.3, 0.4) is 0 Å². The minimum Gasteiger partial charge on any atom is -0.378 e. The Kier molecular flexibility index (Phi) is 2.40. The van der Waals surface area contributed by atoms with Crippen LogP contribution in [0.25, 0.3) is 0 Å². The lowest BCUT2D eigenvalue weighted by Crippen LogP contribution is -2.27. The fourth-order valence-electron chi connectivity index (χ4n) is 1.46. The van der Waals surface area contributed by atoms with Crippen molar-refractivity contribution >= 4 is 17.3 Å². The molecule has 3 N–H and O–H groups in total. The van der Waals surface area contributed by atoms with E-state index in [1.807, 2.05) is 0 Å². The Labute approximate surface area is 86.6 Å². The van der Waals surface area contributed by atoms with E-state index in [0.29, 0.717) is 11.9 Å². The maximum Gasteiger partial charge on any atom is 0.311 e. The zero-order valence-electron chi connectivity index (χ0n) is 8.14. The van der Waals surface area contributed by atoms with Gasteiger partial charge in [-0.25, -0.2) is 4.98 Å². The van der Waals surface area contributed by atoms with Gasteiger partial charge in [0.2, 0.25) is 5.82 Å². The molecule has 2 rings (SSSR count). The number of anilines is 2. The van der Waals surface area contributed by atoms with Crippen LogP contribution in [0.1, 0.15) is 19.3 Å². The molecular weight excluding hydrogens is 196 g/mol. The van der Waals surface area contributed by atoms with Crippen LogP contribution in [0.5, 0.6) is 0 Å². The van der Waals surface area contributed by atoms with E-state index in [1.54, 1.807) is 6.07 Å². The molecule has 0 unspecified atom stereocenters. The lowest BCUT2D eigenvalue weighted by atomic mass is 9.93. The number of nitrogen functional groups attached to an aromatic ring is 1. The molecule has 0 aromatic carbocycles. The summed E-state index contributed by atoms with van der Waals surface area (Å²) in [7, 11) is 0. The molecule has 0 bridgehead atoms. The van der Waals surface area contributed by atoms with Crippen LogP contribution in [-0.2, 0) is 0 Å². The standard InChI is InChI=1S/C9H12N4O2/c10-9-7(13(14)15)4-5-8(12-9)11-6-2-1-3-6/h4-6H,1-3H2,(H3,10,11,12). The van der Waals surface area contributed by atoms with Crippen molar-refractivity contribution in [3.8, 4) is 0 Å². The third kappa shape index (κ3) is 1.98.